The van der Waals surface area contributed by atoms with Crippen molar-refractivity contribution in [1.29, 1.82) is 0 Å². The lowest BCUT2D eigenvalue weighted by Gasteiger charge is -2.29. The summed E-state index contributed by atoms with van der Waals surface area (Å²) in [5, 5.41) is 6.31. The summed E-state index contributed by atoms with van der Waals surface area (Å²) in [6, 6.07) is 8.53. The molecule has 2 N–H and O–H groups in total. The van der Waals surface area contributed by atoms with E-state index in [2.05, 4.69) is 17.6 Å². The van der Waals surface area contributed by atoms with E-state index in [0.29, 0.717) is 6.04 Å². The fourth-order valence-corrected chi connectivity index (χ4v) is 3.03. The Morgan fingerprint density at radius 2 is 2.00 bits per heavy atom. The van der Waals surface area contributed by atoms with Crippen molar-refractivity contribution in [2.75, 3.05) is 7.05 Å². The summed E-state index contributed by atoms with van der Waals surface area (Å²) < 4.78 is 0. The van der Waals surface area contributed by atoms with Crippen LogP contribution < -0.4 is 10.6 Å². The van der Waals surface area contributed by atoms with Crippen LogP contribution in [0.2, 0.25) is 0 Å². The third-order valence-corrected chi connectivity index (χ3v) is 4.40. The molecule has 3 nitrogen and oxygen atoms in total. The van der Waals surface area contributed by atoms with E-state index in [1.54, 1.807) is 7.05 Å². The molecule has 1 fully saturated rings. The van der Waals surface area contributed by atoms with Gasteiger partial charge in [-0.05, 0) is 36.5 Å². The van der Waals surface area contributed by atoms with Gasteiger partial charge in [-0.2, -0.15) is 0 Å². The minimum atomic E-state index is -0.0254. The zero-order valence-electron chi connectivity index (χ0n) is 12.6. The van der Waals surface area contributed by atoms with Crippen molar-refractivity contribution in [2.24, 2.45) is 5.92 Å². The van der Waals surface area contributed by atoms with E-state index >= 15 is 0 Å². The molecule has 0 aliphatic heterocycles. The van der Waals surface area contributed by atoms with E-state index in [1.807, 2.05) is 24.3 Å². The monoisotopic (exact) mass is 274 g/mol. The van der Waals surface area contributed by atoms with Crippen LogP contribution in [0.5, 0.6) is 0 Å². The summed E-state index contributed by atoms with van der Waals surface area (Å²) in [5.74, 6) is 0.874. The van der Waals surface area contributed by atoms with Crippen LogP contribution in [0.3, 0.4) is 0 Å². The highest BCUT2D eigenvalue weighted by atomic mass is 16.1. The number of carbonyl (C=O) groups excluding carboxylic acids is 1. The Morgan fingerprint density at radius 1 is 1.25 bits per heavy atom. The maximum absolute atomic E-state index is 11.5. The molecule has 1 aliphatic rings. The SMILES string of the molecule is CCC1CCCC(NCc2ccc(C(=O)NC)cc2)C1. The van der Waals surface area contributed by atoms with Crippen LogP contribution in [-0.2, 0) is 6.54 Å². The van der Waals surface area contributed by atoms with E-state index in [-0.39, 0.29) is 5.91 Å². The molecule has 2 atom stereocenters. The normalized spacial score (nSPS) is 22.5. The largest absolute Gasteiger partial charge is 0.355 e. The van der Waals surface area contributed by atoms with E-state index in [9.17, 15) is 4.79 Å². The zero-order chi connectivity index (χ0) is 14.4. The molecule has 1 amide bonds. The summed E-state index contributed by atoms with van der Waals surface area (Å²) in [6.45, 7) is 3.19. The van der Waals surface area contributed by atoms with Crippen molar-refractivity contribution < 1.29 is 4.79 Å². The van der Waals surface area contributed by atoms with Crippen LogP contribution in [0.15, 0.2) is 24.3 Å². The predicted molar refractivity (Wildman–Crippen MR) is 82.7 cm³/mol. The first kappa shape index (κ1) is 15.0. The summed E-state index contributed by atoms with van der Waals surface area (Å²) in [6.07, 6.45) is 6.67. The van der Waals surface area contributed by atoms with Crippen molar-refractivity contribution >= 4 is 5.91 Å². The molecular weight excluding hydrogens is 248 g/mol. The van der Waals surface area contributed by atoms with E-state index < -0.39 is 0 Å². The molecular formula is C17H26N2O. The van der Waals surface area contributed by atoms with Crippen molar-refractivity contribution in [3.05, 3.63) is 35.4 Å². The molecule has 2 unspecified atom stereocenters. The topological polar surface area (TPSA) is 41.1 Å². The van der Waals surface area contributed by atoms with Crippen LogP contribution in [-0.4, -0.2) is 19.0 Å². The van der Waals surface area contributed by atoms with Gasteiger partial charge in [0.15, 0.2) is 0 Å². The summed E-state index contributed by atoms with van der Waals surface area (Å²) in [7, 11) is 1.66. The molecule has 0 heterocycles. The Morgan fingerprint density at radius 3 is 2.65 bits per heavy atom. The predicted octanol–water partition coefficient (Wildman–Crippen LogP) is 3.10. The Labute approximate surface area is 122 Å². The van der Waals surface area contributed by atoms with Crippen LogP contribution in [0.1, 0.15) is 54.9 Å². The molecule has 0 saturated heterocycles. The molecule has 0 radical (unpaired) electrons. The number of hydrogen-bond donors (Lipinski definition) is 2. The standard InChI is InChI=1S/C17H26N2O/c1-3-13-5-4-6-16(11-13)19-12-14-7-9-15(10-8-14)17(20)18-2/h7-10,13,16,19H,3-6,11-12H2,1-2H3,(H,18,20). The second-order valence-electron chi connectivity index (χ2n) is 5.79. The third-order valence-electron chi connectivity index (χ3n) is 4.40. The van der Waals surface area contributed by atoms with Gasteiger partial charge in [-0.25, -0.2) is 0 Å². The number of rotatable bonds is 5. The maximum atomic E-state index is 11.5. The van der Waals surface area contributed by atoms with Crippen molar-refractivity contribution in [3.63, 3.8) is 0 Å². The van der Waals surface area contributed by atoms with Crippen LogP contribution in [0.25, 0.3) is 0 Å². The van der Waals surface area contributed by atoms with Crippen molar-refractivity contribution in [2.45, 2.75) is 51.6 Å². The molecule has 2 rings (SSSR count). The molecule has 20 heavy (non-hydrogen) atoms. The van der Waals surface area contributed by atoms with Gasteiger partial charge in [0.2, 0.25) is 0 Å². The minimum Gasteiger partial charge on any atom is -0.355 e. The molecule has 0 aromatic heterocycles. The molecule has 1 saturated carbocycles. The van der Waals surface area contributed by atoms with Gasteiger partial charge in [0, 0.05) is 25.2 Å². The second kappa shape index (κ2) is 7.44. The van der Waals surface area contributed by atoms with E-state index in [4.69, 9.17) is 0 Å². The first-order chi connectivity index (χ1) is 9.72. The van der Waals surface area contributed by atoms with Gasteiger partial charge in [-0.1, -0.05) is 38.3 Å². The van der Waals surface area contributed by atoms with E-state index in [0.717, 1.165) is 18.0 Å². The molecule has 3 heteroatoms. The van der Waals surface area contributed by atoms with Gasteiger partial charge in [0.1, 0.15) is 0 Å². The van der Waals surface area contributed by atoms with Crippen molar-refractivity contribution in [3.8, 4) is 0 Å². The first-order valence-corrected chi connectivity index (χ1v) is 7.77. The highest BCUT2D eigenvalue weighted by molar-refractivity contribution is 5.93. The molecule has 1 aromatic carbocycles. The Hall–Kier alpha value is -1.35. The molecule has 1 aliphatic carbocycles. The van der Waals surface area contributed by atoms with Gasteiger partial charge in [-0.15, -0.1) is 0 Å². The Kier molecular flexibility index (Phi) is 5.60. The quantitative estimate of drug-likeness (QED) is 0.866. The van der Waals surface area contributed by atoms with Gasteiger partial charge < -0.3 is 10.6 Å². The fourth-order valence-electron chi connectivity index (χ4n) is 3.03. The third kappa shape index (κ3) is 4.07. The number of benzene rings is 1. The first-order valence-electron chi connectivity index (χ1n) is 7.77. The molecule has 0 bridgehead atoms. The van der Waals surface area contributed by atoms with Gasteiger partial charge in [-0.3, -0.25) is 4.79 Å². The number of nitrogens with one attached hydrogen (secondary N) is 2. The van der Waals surface area contributed by atoms with E-state index in [1.165, 1.54) is 37.7 Å². The Balaban J connectivity index is 1.83. The van der Waals surface area contributed by atoms with Crippen molar-refractivity contribution in [1.82, 2.24) is 10.6 Å². The zero-order valence-corrected chi connectivity index (χ0v) is 12.6. The van der Waals surface area contributed by atoms with Crippen LogP contribution >= 0.6 is 0 Å². The number of hydrogen-bond acceptors (Lipinski definition) is 2. The second-order valence-corrected chi connectivity index (χ2v) is 5.79. The molecule has 110 valence electrons. The molecule has 0 spiro atoms. The number of carbonyl (C=O) groups is 1. The summed E-state index contributed by atoms with van der Waals surface area (Å²) in [5.41, 5.74) is 1.97. The average molecular weight is 274 g/mol. The summed E-state index contributed by atoms with van der Waals surface area (Å²) >= 11 is 0. The average Bonchev–Trinajstić information content (AvgIpc) is 2.53. The minimum absolute atomic E-state index is 0.0254. The lowest BCUT2D eigenvalue weighted by molar-refractivity contribution is 0.0963. The van der Waals surface area contributed by atoms with Gasteiger partial charge >= 0.3 is 0 Å². The highest BCUT2D eigenvalue weighted by Gasteiger charge is 2.19. The number of amides is 1. The fraction of sp³-hybridized carbons (Fsp3) is 0.588. The smallest absolute Gasteiger partial charge is 0.251 e. The lowest BCUT2D eigenvalue weighted by atomic mass is 9.84. The highest BCUT2D eigenvalue weighted by Crippen LogP contribution is 2.26. The van der Waals surface area contributed by atoms with Gasteiger partial charge in [0.05, 0.1) is 0 Å². The van der Waals surface area contributed by atoms with Gasteiger partial charge in [0.25, 0.3) is 5.91 Å². The van der Waals surface area contributed by atoms with Crippen LogP contribution in [0.4, 0.5) is 0 Å². The maximum Gasteiger partial charge on any atom is 0.251 e. The Bertz CT molecular complexity index is 427. The van der Waals surface area contributed by atoms with Crippen LogP contribution in [0, 0.1) is 5.92 Å². The lowest BCUT2D eigenvalue weighted by Crippen LogP contribution is -2.33. The molecule has 1 aromatic rings. The summed E-state index contributed by atoms with van der Waals surface area (Å²) in [4.78, 5) is 11.5.